The zero-order valence-electron chi connectivity index (χ0n) is 24.6. The van der Waals surface area contributed by atoms with Crippen LogP contribution < -0.4 is 4.74 Å². The van der Waals surface area contributed by atoms with Crippen LogP contribution in [0.25, 0.3) is 22.4 Å². The molecule has 0 spiro atoms. The maximum Gasteiger partial charge on any atom is 0.417 e. The van der Waals surface area contributed by atoms with Crippen LogP contribution in [-0.2, 0) is 29.0 Å². The number of aryl methyl sites for hydroxylation is 1. The Morgan fingerprint density at radius 3 is 2.11 bits per heavy atom. The molecule has 46 heavy (non-hydrogen) atoms. The molecule has 12 heteroatoms. The normalized spacial score (nSPS) is 11.9. The molecule has 0 aliphatic carbocycles. The van der Waals surface area contributed by atoms with E-state index in [2.05, 4.69) is 4.57 Å². The van der Waals surface area contributed by atoms with E-state index in [0.29, 0.717) is 22.5 Å². The molecule has 0 atom stereocenters. The summed E-state index contributed by atoms with van der Waals surface area (Å²) in [5.74, 6) is -1.14. The van der Waals surface area contributed by atoms with Gasteiger partial charge in [0, 0.05) is 41.6 Å². The number of hydrogen-bond donors (Lipinski definition) is 0. The highest BCUT2D eigenvalue weighted by molar-refractivity contribution is 7.91. The smallest absolute Gasteiger partial charge is 0.417 e. The second kappa shape index (κ2) is 13.3. The molecule has 0 amide bonds. The lowest BCUT2D eigenvalue weighted by molar-refractivity contribution is -0.138. The minimum atomic E-state index is -4.89. The molecular formula is C34H27Cl2F3N2O4S. The lowest BCUT2D eigenvalue weighted by Crippen LogP contribution is -2.19. The summed E-state index contributed by atoms with van der Waals surface area (Å²) in [6.07, 6.45) is -1.53. The average molecular weight is 688 g/mol. The Kier molecular flexibility index (Phi) is 9.62. The molecule has 0 aliphatic rings. The van der Waals surface area contributed by atoms with Crippen LogP contribution in [0.1, 0.15) is 34.2 Å². The number of ketones is 1. The first kappa shape index (κ1) is 33.2. The van der Waals surface area contributed by atoms with E-state index in [1.165, 1.54) is 6.07 Å². The number of sulfone groups is 1. The zero-order chi connectivity index (χ0) is 33.2. The van der Waals surface area contributed by atoms with Crippen molar-refractivity contribution in [1.82, 2.24) is 9.55 Å². The lowest BCUT2D eigenvalue weighted by atomic mass is 10.0. The molecule has 0 bridgehead atoms. The van der Waals surface area contributed by atoms with Crippen molar-refractivity contribution in [3.63, 3.8) is 0 Å². The standard InChI is InChI=1S/C34H27Cl2F3N2O4S/c1-3-41-19-31(28-14-10-24(35)17-30(28)36)40-33(41)16-21-4-6-22(7-5-21)23-8-11-25(12-9-23)45-26-13-15-27(29(18-26)34(37,38)39)32(42)20-46(2,43)44/h4-15,17-19H,3,16,20H2,1-2H3. The van der Waals surface area contributed by atoms with E-state index in [9.17, 15) is 26.4 Å². The predicted molar refractivity (Wildman–Crippen MR) is 174 cm³/mol. The van der Waals surface area contributed by atoms with Crippen LogP contribution in [0.5, 0.6) is 11.5 Å². The molecule has 0 saturated carbocycles. The maximum absolute atomic E-state index is 13.7. The second-order valence-electron chi connectivity index (χ2n) is 10.7. The Bertz CT molecular complexity index is 2010. The van der Waals surface area contributed by atoms with Gasteiger partial charge in [-0.15, -0.1) is 0 Å². The molecule has 238 valence electrons. The van der Waals surface area contributed by atoms with Gasteiger partial charge in [-0.2, -0.15) is 13.2 Å². The van der Waals surface area contributed by atoms with Gasteiger partial charge in [-0.1, -0.05) is 59.6 Å². The van der Waals surface area contributed by atoms with Crippen molar-refractivity contribution in [2.24, 2.45) is 0 Å². The van der Waals surface area contributed by atoms with Crippen LogP contribution in [0.3, 0.4) is 0 Å². The molecule has 4 aromatic carbocycles. The van der Waals surface area contributed by atoms with Crippen LogP contribution in [-0.4, -0.2) is 35.8 Å². The average Bonchev–Trinajstić information content (AvgIpc) is 3.39. The van der Waals surface area contributed by atoms with Gasteiger partial charge in [0.05, 0.1) is 16.3 Å². The molecule has 0 saturated heterocycles. The quantitative estimate of drug-likeness (QED) is 0.137. The summed E-state index contributed by atoms with van der Waals surface area (Å²) >= 11 is 12.4. The zero-order valence-corrected chi connectivity index (χ0v) is 26.9. The molecule has 0 N–H and O–H groups in total. The first-order valence-electron chi connectivity index (χ1n) is 14.0. The molecule has 0 aliphatic heterocycles. The fraction of sp³-hybridized carbons (Fsp3) is 0.176. The second-order valence-corrected chi connectivity index (χ2v) is 13.6. The number of carbonyl (C=O) groups excluding carboxylic acids is 1. The van der Waals surface area contributed by atoms with Crippen molar-refractivity contribution in [3.8, 4) is 33.9 Å². The van der Waals surface area contributed by atoms with Crippen molar-refractivity contribution in [3.05, 3.63) is 124 Å². The molecule has 0 radical (unpaired) electrons. The summed E-state index contributed by atoms with van der Waals surface area (Å²) in [4.78, 5) is 17.1. The fourth-order valence-corrected chi connectivity index (χ4v) is 6.06. The highest BCUT2D eigenvalue weighted by Crippen LogP contribution is 2.36. The third-order valence-corrected chi connectivity index (χ3v) is 8.47. The number of rotatable bonds is 10. The minimum absolute atomic E-state index is 0.146. The first-order valence-corrected chi connectivity index (χ1v) is 16.8. The molecule has 5 rings (SSSR count). The summed E-state index contributed by atoms with van der Waals surface area (Å²) in [5, 5.41) is 1.09. The summed E-state index contributed by atoms with van der Waals surface area (Å²) in [7, 11) is -3.81. The summed E-state index contributed by atoms with van der Waals surface area (Å²) in [6, 6.07) is 22.9. The summed E-state index contributed by atoms with van der Waals surface area (Å²) in [5.41, 5.74) is 2.43. The number of carbonyl (C=O) groups is 1. The highest BCUT2D eigenvalue weighted by Gasteiger charge is 2.36. The van der Waals surface area contributed by atoms with Gasteiger partial charge >= 0.3 is 6.18 Å². The fourth-order valence-electron chi connectivity index (χ4n) is 4.93. The van der Waals surface area contributed by atoms with Crippen LogP contribution in [0, 0.1) is 0 Å². The third-order valence-electron chi connectivity index (χ3n) is 7.14. The summed E-state index contributed by atoms with van der Waals surface area (Å²) < 4.78 is 71.8. The topological polar surface area (TPSA) is 78.3 Å². The van der Waals surface area contributed by atoms with Crippen molar-refractivity contribution >= 4 is 38.8 Å². The van der Waals surface area contributed by atoms with Crippen LogP contribution >= 0.6 is 23.2 Å². The first-order chi connectivity index (χ1) is 21.7. The van der Waals surface area contributed by atoms with E-state index in [1.807, 2.05) is 43.5 Å². The van der Waals surface area contributed by atoms with E-state index in [1.54, 1.807) is 36.4 Å². The van der Waals surface area contributed by atoms with Gasteiger partial charge in [-0.25, -0.2) is 13.4 Å². The van der Waals surface area contributed by atoms with Crippen molar-refractivity contribution in [1.29, 1.82) is 0 Å². The predicted octanol–water partition coefficient (Wildman–Crippen LogP) is 9.17. The number of benzene rings is 4. The molecule has 6 nitrogen and oxygen atoms in total. The van der Waals surface area contributed by atoms with Crippen molar-refractivity contribution in [2.45, 2.75) is 26.1 Å². The van der Waals surface area contributed by atoms with Gasteiger partial charge < -0.3 is 9.30 Å². The van der Waals surface area contributed by atoms with Gasteiger partial charge in [-0.3, -0.25) is 4.79 Å². The van der Waals surface area contributed by atoms with Crippen LogP contribution in [0.2, 0.25) is 10.0 Å². The van der Waals surface area contributed by atoms with E-state index in [0.717, 1.165) is 52.6 Å². The summed E-state index contributed by atoms with van der Waals surface area (Å²) in [6.45, 7) is 2.78. The number of hydrogen-bond acceptors (Lipinski definition) is 5. The molecule has 1 aromatic heterocycles. The Morgan fingerprint density at radius 1 is 0.891 bits per heavy atom. The number of nitrogens with zero attached hydrogens (tertiary/aromatic N) is 2. The molecule has 0 fully saturated rings. The molecule has 1 heterocycles. The number of aromatic nitrogens is 2. The van der Waals surface area contributed by atoms with Crippen molar-refractivity contribution in [2.75, 3.05) is 12.0 Å². The highest BCUT2D eigenvalue weighted by atomic mass is 35.5. The van der Waals surface area contributed by atoms with Gasteiger partial charge in [0.25, 0.3) is 0 Å². The van der Waals surface area contributed by atoms with E-state index >= 15 is 0 Å². The van der Waals surface area contributed by atoms with Gasteiger partial charge in [0.2, 0.25) is 0 Å². The van der Waals surface area contributed by atoms with E-state index in [4.69, 9.17) is 32.9 Å². The van der Waals surface area contributed by atoms with Crippen molar-refractivity contribution < 1.29 is 31.1 Å². The Balaban J connectivity index is 1.29. The third kappa shape index (κ3) is 7.99. The number of imidazole rings is 1. The number of ether oxygens (including phenoxy) is 1. The number of alkyl halides is 3. The Hall–Kier alpha value is -4.12. The molecule has 0 unspecified atom stereocenters. The monoisotopic (exact) mass is 686 g/mol. The number of halogens is 5. The van der Waals surface area contributed by atoms with Gasteiger partial charge in [0.1, 0.15) is 23.1 Å². The van der Waals surface area contributed by atoms with E-state index in [-0.39, 0.29) is 11.5 Å². The number of Topliss-reactive ketones (excluding diaryl/α,β-unsaturated/α-hetero) is 1. The Morgan fingerprint density at radius 2 is 1.52 bits per heavy atom. The van der Waals surface area contributed by atoms with Gasteiger partial charge in [-0.05, 0) is 72.1 Å². The van der Waals surface area contributed by atoms with E-state index < -0.39 is 38.7 Å². The van der Waals surface area contributed by atoms with Gasteiger partial charge in [0.15, 0.2) is 15.6 Å². The Labute approximate surface area is 274 Å². The minimum Gasteiger partial charge on any atom is -0.457 e. The largest absolute Gasteiger partial charge is 0.457 e. The van der Waals surface area contributed by atoms with Crippen LogP contribution in [0.4, 0.5) is 13.2 Å². The molecular weight excluding hydrogens is 660 g/mol. The molecule has 5 aromatic rings. The van der Waals surface area contributed by atoms with Crippen LogP contribution in [0.15, 0.2) is 91.1 Å². The SMILES string of the molecule is CCn1cc(-c2ccc(Cl)cc2Cl)nc1Cc1ccc(-c2ccc(Oc3ccc(C(=O)CS(C)(=O)=O)c(C(F)(F)F)c3)cc2)cc1. The lowest BCUT2D eigenvalue weighted by Gasteiger charge is -2.14. The maximum atomic E-state index is 13.7.